The molecule has 0 aliphatic heterocycles. The number of ether oxygens (including phenoxy) is 1. The molecular weight excluding hydrogens is 174 g/mol. The summed E-state index contributed by atoms with van der Waals surface area (Å²) in [7, 11) is 0. The highest BCUT2D eigenvalue weighted by Crippen LogP contribution is 1.87. The van der Waals surface area contributed by atoms with Gasteiger partial charge in [-0.25, -0.2) is 9.59 Å². The molecule has 0 aliphatic rings. The molecule has 0 heterocycles. The van der Waals surface area contributed by atoms with Gasteiger partial charge in [0, 0.05) is 0 Å². The summed E-state index contributed by atoms with van der Waals surface area (Å²) in [5, 5.41) is 10.0. The summed E-state index contributed by atoms with van der Waals surface area (Å²) in [4.78, 5) is 20.5. The number of carboxylic acid groups (broad SMARTS) is 1. The highest BCUT2D eigenvalue weighted by atomic mass is 35.5. The molecule has 0 saturated heterocycles. The Morgan fingerprint density at radius 2 is 2.18 bits per heavy atom. The first-order chi connectivity index (χ1) is 5.07. The first-order valence-corrected chi connectivity index (χ1v) is 3.03. The first-order valence-electron chi connectivity index (χ1n) is 2.50. The zero-order valence-electron chi connectivity index (χ0n) is 5.46. The number of halogens is 1. The predicted octanol–water partition coefficient (Wildman–Crippen LogP) is 0.507. The Morgan fingerprint density at radius 3 is 2.55 bits per heavy atom. The Bertz CT molecular complexity index is 191. The molecule has 0 bridgehead atoms. The standard InChI is InChI=1S/C5H6ClNO4/c1-3(4(8)9)7-5(10)11-2-6/h1-2H2,(H,7,10)(H,8,9). The number of rotatable bonds is 3. The van der Waals surface area contributed by atoms with Crippen molar-refractivity contribution in [1.82, 2.24) is 5.32 Å². The molecule has 11 heavy (non-hydrogen) atoms. The molecule has 62 valence electrons. The topological polar surface area (TPSA) is 75.6 Å². The van der Waals surface area contributed by atoms with Crippen molar-refractivity contribution in [1.29, 1.82) is 0 Å². The van der Waals surface area contributed by atoms with E-state index in [1.165, 1.54) is 0 Å². The maximum absolute atomic E-state index is 10.4. The monoisotopic (exact) mass is 179 g/mol. The average Bonchev–Trinajstić information content (AvgIpc) is 1.87. The summed E-state index contributed by atoms with van der Waals surface area (Å²) in [6.07, 6.45) is -0.938. The average molecular weight is 180 g/mol. The molecule has 5 nitrogen and oxygen atoms in total. The molecule has 0 aromatic heterocycles. The van der Waals surface area contributed by atoms with Crippen LogP contribution >= 0.6 is 11.6 Å². The fourth-order valence-electron chi connectivity index (χ4n) is 0.262. The number of alkyl carbamates (subject to hydrolysis) is 1. The Hall–Kier alpha value is -1.23. The van der Waals surface area contributed by atoms with Gasteiger partial charge in [0.2, 0.25) is 0 Å². The largest absolute Gasteiger partial charge is 0.477 e. The number of hydrogen-bond acceptors (Lipinski definition) is 3. The molecule has 0 saturated carbocycles. The lowest BCUT2D eigenvalue weighted by atomic mass is 10.5. The van der Waals surface area contributed by atoms with Crippen LogP contribution in [0, 0.1) is 0 Å². The van der Waals surface area contributed by atoms with Crippen LogP contribution in [0.1, 0.15) is 0 Å². The maximum atomic E-state index is 10.4. The molecule has 0 aromatic rings. The maximum Gasteiger partial charge on any atom is 0.413 e. The summed E-state index contributed by atoms with van der Waals surface area (Å²) < 4.78 is 4.15. The van der Waals surface area contributed by atoms with E-state index < -0.39 is 17.8 Å². The van der Waals surface area contributed by atoms with E-state index in [1.807, 2.05) is 5.32 Å². The van der Waals surface area contributed by atoms with Crippen LogP contribution in [0.2, 0.25) is 0 Å². The van der Waals surface area contributed by atoms with Gasteiger partial charge in [0.25, 0.3) is 0 Å². The minimum atomic E-state index is -1.32. The number of carbonyl (C=O) groups excluding carboxylic acids is 1. The SMILES string of the molecule is C=C(NC(=O)OCCl)C(=O)O. The van der Waals surface area contributed by atoms with E-state index >= 15 is 0 Å². The van der Waals surface area contributed by atoms with Gasteiger partial charge in [-0.3, -0.25) is 5.32 Å². The van der Waals surface area contributed by atoms with Crippen LogP contribution < -0.4 is 5.32 Å². The van der Waals surface area contributed by atoms with E-state index in [2.05, 4.69) is 11.3 Å². The molecule has 0 atom stereocenters. The van der Waals surface area contributed by atoms with Crippen molar-refractivity contribution in [2.24, 2.45) is 0 Å². The molecule has 0 spiro atoms. The number of hydrogen-bond donors (Lipinski definition) is 2. The van der Waals surface area contributed by atoms with Crippen LogP contribution in [0.5, 0.6) is 0 Å². The summed E-state index contributed by atoms with van der Waals surface area (Å²) in [6.45, 7) is 3.02. The van der Waals surface area contributed by atoms with Gasteiger partial charge in [0.1, 0.15) is 5.70 Å². The van der Waals surface area contributed by atoms with Crippen molar-refractivity contribution in [3.63, 3.8) is 0 Å². The summed E-state index contributed by atoms with van der Waals surface area (Å²) in [5.41, 5.74) is -0.458. The number of aliphatic carboxylic acids is 1. The third-order valence-corrected chi connectivity index (χ3v) is 0.806. The second-order valence-corrected chi connectivity index (χ2v) is 1.67. The van der Waals surface area contributed by atoms with Gasteiger partial charge in [-0.1, -0.05) is 18.2 Å². The quantitative estimate of drug-likeness (QED) is 0.489. The zero-order chi connectivity index (χ0) is 8.85. The van der Waals surface area contributed by atoms with Gasteiger partial charge in [0.05, 0.1) is 0 Å². The van der Waals surface area contributed by atoms with Gasteiger partial charge in [-0.2, -0.15) is 0 Å². The Kier molecular flexibility index (Phi) is 4.05. The number of nitrogens with one attached hydrogen (secondary N) is 1. The number of carbonyl (C=O) groups is 2. The number of carboxylic acids is 1. The molecule has 0 aromatic carbocycles. The summed E-state index contributed by atoms with van der Waals surface area (Å²) in [6, 6.07) is -0.335. The molecule has 6 heteroatoms. The Morgan fingerprint density at radius 1 is 1.64 bits per heavy atom. The van der Waals surface area contributed by atoms with Gasteiger partial charge in [-0.05, 0) is 0 Å². The second-order valence-electron chi connectivity index (χ2n) is 1.45. The lowest BCUT2D eigenvalue weighted by Gasteiger charge is -2.01. The number of alkyl halides is 1. The second kappa shape index (κ2) is 4.56. The van der Waals surface area contributed by atoms with Crippen LogP contribution in [0.25, 0.3) is 0 Å². The molecule has 0 radical (unpaired) electrons. The summed E-state index contributed by atoms with van der Waals surface area (Å²) >= 11 is 5.00. The fraction of sp³-hybridized carbons (Fsp3) is 0.200. The smallest absolute Gasteiger partial charge is 0.413 e. The molecule has 0 aliphatic carbocycles. The van der Waals surface area contributed by atoms with Crippen molar-refractivity contribution < 1.29 is 19.4 Å². The Balaban J connectivity index is 3.76. The minimum Gasteiger partial charge on any atom is -0.477 e. The van der Waals surface area contributed by atoms with E-state index in [0.717, 1.165) is 0 Å². The summed E-state index contributed by atoms with van der Waals surface area (Å²) in [5.74, 6) is -1.32. The molecular formula is C5H6ClNO4. The Labute approximate surface area is 67.6 Å². The van der Waals surface area contributed by atoms with Crippen molar-refractivity contribution in [2.75, 3.05) is 6.07 Å². The highest BCUT2D eigenvalue weighted by Gasteiger charge is 2.08. The first kappa shape index (κ1) is 9.77. The zero-order valence-corrected chi connectivity index (χ0v) is 6.22. The molecule has 0 fully saturated rings. The van der Waals surface area contributed by atoms with Crippen molar-refractivity contribution in [2.45, 2.75) is 0 Å². The molecule has 1 amide bonds. The predicted molar refractivity (Wildman–Crippen MR) is 37.1 cm³/mol. The van der Waals surface area contributed by atoms with Crippen molar-refractivity contribution in [3.05, 3.63) is 12.3 Å². The molecule has 0 unspecified atom stereocenters. The normalized spacial score (nSPS) is 8.45. The van der Waals surface area contributed by atoms with E-state index in [1.54, 1.807) is 0 Å². The number of amides is 1. The lowest BCUT2D eigenvalue weighted by Crippen LogP contribution is -2.26. The van der Waals surface area contributed by atoms with Crippen LogP contribution in [0.15, 0.2) is 12.3 Å². The minimum absolute atomic E-state index is 0.335. The van der Waals surface area contributed by atoms with E-state index in [-0.39, 0.29) is 6.07 Å². The van der Waals surface area contributed by atoms with Crippen LogP contribution in [-0.2, 0) is 9.53 Å². The van der Waals surface area contributed by atoms with Crippen LogP contribution in [0.3, 0.4) is 0 Å². The van der Waals surface area contributed by atoms with E-state index in [4.69, 9.17) is 16.7 Å². The van der Waals surface area contributed by atoms with Gasteiger partial charge in [-0.15, -0.1) is 0 Å². The molecule has 0 rings (SSSR count). The third-order valence-electron chi connectivity index (χ3n) is 0.697. The van der Waals surface area contributed by atoms with Crippen molar-refractivity contribution in [3.8, 4) is 0 Å². The van der Waals surface area contributed by atoms with Gasteiger partial charge >= 0.3 is 12.1 Å². The van der Waals surface area contributed by atoms with Gasteiger partial charge in [0.15, 0.2) is 6.07 Å². The lowest BCUT2D eigenvalue weighted by molar-refractivity contribution is -0.133. The fourth-order valence-corrected chi connectivity index (χ4v) is 0.361. The van der Waals surface area contributed by atoms with Crippen LogP contribution in [0.4, 0.5) is 4.79 Å². The van der Waals surface area contributed by atoms with Crippen molar-refractivity contribution >= 4 is 23.7 Å². The van der Waals surface area contributed by atoms with E-state index in [9.17, 15) is 9.59 Å². The van der Waals surface area contributed by atoms with Crippen LogP contribution in [-0.4, -0.2) is 23.2 Å². The molecule has 2 N–H and O–H groups in total. The van der Waals surface area contributed by atoms with Gasteiger partial charge < -0.3 is 9.84 Å². The van der Waals surface area contributed by atoms with E-state index in [0.29, 0.717) is 0 Å². The third kappa shape index (κ3) is 4.21. The highest BCUT2D eigenvalue weighted by molar-refractivity contribution is 6.17.